The Balaban J connectivity index is 1.34. The fourth-order valence-electron chi connectivity index (χ4n) is 8.44. The second kappa shape index (κ2) is 9.39. The van der Waals surface area contributed by atoms with Gasteiger partial charge in [-0.1, -0.05) is 153 Å². The van der Waals surface area contributed by atoms with Gasteiger partial charge in [-0.25, -0.2) is 0 Å². The highest BCUT2D eigenvalue weighted by atomic mass is 32.1. The lowest BCUT2D eigenvalue weighted by Crippen LogP contribution is -2.14. The number of thiophene rings is 1. The molecule has 0 radical (unpaired) electrons. The van der Waals surface area contributed by atoms with Crippen LogP contribution in [0, 0.1) is 0 Å². The highest BCUT2D eigenvalue weighted by Crippen LogP contribution is 2.55. The normalized spacial score (nSPS) is 13.6. The summed E-state index contributed by atoms with van der Waals surface area (Å²) in [6, 6.07) is 54.4. The van der Waals surface area contributed by atoms with Crippen LogP contribution < -0.4 is 0 Å². The van der Waals surface area contributed by atoms with Crippen LogP contribution in [0.15, 0.2) is 146 Å². The van der Waals surface area contributed by atoms with Gasteiger partial charge in [-0.15, -0.1) is 11.3 Å². The Labute approximate surface area is 272 Å². The summed E-state index contributed by atoms with van der Waals surface area (Å²) in [6.07, 6.45) is 0. The minimum Gasteiger partial charge on any atom is -0.135 e. The van der Waals surface area contributed by atoms with Crippen LogP contribution in [-0.2, 0) is 5.41 Å². The molecular weight excluding hydrogens is 573 g/mol. The molecule has 216 valence electrons. The third-order valence-corrected chi connectivity index (χ3v) is 11.7. The summed E-state index contributed by atoms with van der Waals surface area (Å²) in [4.78, 5) is 0. The summed E-state index contributed by atoms with van der Waals surface area (Å²) < 4.78 is 2.70. The molecule has 1 heteroatoms. The van der Waals surface area contributed by atoms with Crippen molar-refractivity contribution in [3.63, 3.8) is 0 Å². The van der Waals surface area contributed by atoms with Crippen molar-refractivity contribution in [1.29, 1.82) is 0 Å². The van der Waals surface area contributed by atoms with E-state index in [1.54, 1.807) is 0 Å². The molecule has 1 heterocycles. The van der Waals surface area contributed by atoms with E-state index in [4.69, 9.17) is 0 Å². The van der Waals surface area contributed by atoms with Crippen LogP contribution in [0.2, 0.25) is 0 Å². The summed E-state index contributed by atoms with van der Waals surface area (Å²) in [5, 5.41) is 10.5. The average molecular weight is 603 g/mol. The van der Waals surface area contributed by atoms with Crippen LogP contribution in [0.1, 0.15) is 25.0 Å². The Bertz CT molecular complexity index is 2660. The van der Waals surface area contributed by atoms with Crippen LogP contribution in [0.3, 0.4) is 0 Å². The van der Waals surface area contributed by atoms with Crippen molar-refractivity contribution < 1.29 is 0 Å². The molecule has 0 amide bonds. The first-order chi connectivity index (χ1) is 22.6. The van der Waals surface area contributed by atoms with Gasteiger partial charge in [-0.3, -0.25) is 0 Å². The molecule has 0 spiro atoms. The minimum atomic E-state index is -0.0471. The van der Waals surface area contributed by atoms with Crippen LogP contribution in [0.4, 0.5) is 0 Å². The van der Waals surface area contributed by atoms with Crippen LogP contribution in [-0.4, -0.2) is 0 Å². The monoisotopic (exact) mass is 602 g/mol. The number of fused-ring (bicyclic) bond motifs is 10. The number of benzene rings is 8. The zero-order valence-electron chi connectivity index (χ0n) is 25.8. The first-order valence-corrected chi connectivity index (χ1v) is 16.9. The molecule has 0 saturated carbocycles. The van der Waals surface area contributed by atoms with Gasteiger partial charge in [-0.2, -0.15) is 0 Å². The zero-order valence-corrected chi connectivity index (χ0v) is 26.6. The first-order valence-electron chi connectivity index (χ1n) is 16.1. The molecule has 10 rings (SSSR count). The molecule has 0 atom stereocenters. The number of hydrogen-bond acceptors (Lipinski definition) is 1. The third kappa shape index (κ3) is 3.39. The molecular formula is C45H30S. The van der Waals surface area contributed by atoms with E-state index in [1.807, 2.05) is 11.3 Å². The van der Waals surface area contributed by atoms with Crippen LogP contribution >= 0.6 is 11.3 Å². The van der Waals surface area contributed by atoms with E-state index in [2.05, 4.69) is 159 Å². The van der Waals surface area contributed by atoms with Gasteiger partial charge in [0.15, 0.2) is 0 Å². The predicted molar refractivity (Wildman–Crippen MR) is 200 cm³/mol. The summed E-state index contributed by atoms with van der Waals surface area (Å²) in [6.45, 7) is 4.74. The number of rotatable bonds is 2. The Morgan fingerprint density at radius 1 is 0.391 bits per heavy atom. The highest BCUT2D eigenvalue weighted by Gasteiger charge is 2.37. The predicted octanol–water partition coefficient (Wildman–Crippen LogP) is 13.2. The van der Waals surface area contributed by atoms with Crippen molar-refractivity contribution in [3.05, 3.63) is 157 Å². The smallest absolute Gasteiger partial charge is 0.0434 e. The van der Waals surface area contributed by atoms with Gasteiger partial charge in [0, 0.05) is 31.2 Å². The Hall–Kier alpha value is -5.24. The average Bonchev–Trinajstić information content (AvgIpc) is 3.60. The van der Waals surface area contributed by atoms with Crippen molar-refractivity contribution in [1.82, 2.24) is 0 Å². The lowest BCUT2D eigenvalue weighted by molar-refractivity contribution is 0.660. The topological polar surface area (TPSA) is 0 Å². The lowest BCUT2D eigenvalue weighted by Gasteiger charge is -2.22. The van der Waals surface area contributed by atoms with E-state index >= 15 is 0 Å². The SMILES string of the molecule is CC1(C)c2ccccc2-c2c(-c3c4ccccc4c(-c4cccc5c4sc4ccc6ccccc6c45)c4ccccc34)cccc21. The maximum atomic E-state index is 2.37. The summed E-state index contributed by atoms with van der Waals surface area (Å²) >= 11 is 1.92. The van der Waals surface area contributed by atoms with Crippen LogP contribution in [0.25, 0.3) is 85.9 Å². The Morgan fingerprint density at radius 3 is 1.65 bits per heavy atom. The summed E-state index contributed by atoms with van der Waals surface area (Å²) in [5.74, 6) is 0. The van der Waals surface area contributed by atoms with E-state index < -0.39 is 0 Å². The van der Waals surface area contributed by atoms with E-state index in [1.165, 1.54) is 97.0 Å². The molecule has 46 heavy (non-hydrogen) atoms. The Morgan fingerprint density at radius 2 is 0.913 bits per heavy atom. The van der Waals surface area contributed by atoms with Gasteiger partial charge in [0.25, 0.3) is 0 Å². The quantitative estimate of drug-likeness (QED) is 0.173. The standard InChI is InChI=1S/C45H30S/c1-45(2)37-23-10-9-19-33(37)42-34(20-12-24-38(42)45)40-29-15-5-7-17-31(29)41(32-18-8-6-16-30(32)40)35-21-11-22-36-43-28-14-4-3-13-27(28)25-26-39(43)46-44(35)36/h3-26H,1-2H3. The molecule has 0 unspecified atom stereocenters. The molecule has 0 fully saturated rings. The largest absolute Gasteiger partial charge is 0.135 e. The summed E-state index contributed by atoms with van der Waals surface area (Å²) in [7, 11) is 0. The van der Waals surface area contributed by atoms with Crippen molar-refractivity contribution in [3.8, 4) is 33.4 Å². The molecule has 0 bridgehead atoms. The fourth-order valence-corrected chi connectivity index (χ4v) is 9.67. The molecule has 0 N–H and O–H groups in total. The molecule has 1 aromatic heterocycles. The van der Waals surface area contributed by atoms with E-state index in [-0.39, 0.29) is 5.41 Å². The molecule has 1 aliphatic rings. The molecule has 0 aliphatic heterocycles. The fraction of sp³-hybridized carbons (Fsp3) is 0.0667. The molecule has 1 aliphatic carbocycles. The van der Waals surface area contributed by atoms with Gasteiger partial charge in [0.05, 0.1) is 0 Å². The van der Waals surface area contributed by atoms with Gasteiger partial charge in [-0.05, 0) is 77.3 Å². The van der Waals surface area contributed by atoms with Crippen LogP contribution in [0.5, 0.6) is 0 Å². The van der Waals surface area contributed by atoms with Crippen molar-refractivity contribution >= 4 is 63.8 Å². The van der Waals surface area contributed by atoms with Crippen molar-refractivity contribution in [2.24, 2.45) is 0 Å². The lowest BCUT2D eigenvalue weighted by atomic mass is 9.80. The van der Waals surface area contributed by atoms with Gasteiger partial charge >= 0.3 is 0 Å². The second-order valence-corrected chi connectivity index (χ2v) is 14.2. The minimum absolute atomic E-state index is 0.0471. The first kappa shape index (κ1) is 26.0. The maximum absolute atomic E-state index is 2.37. The van der Waals surface area contributed by atoms with Crippen molar-refractivity contribution in [2.45, 2.75) is 19.3 Å². The third-order valence-electron chi connectivity index (χ3n) is 10.5. The number of hydrogen-bond donors (Lipinski definition) is 0. The molecule has 0 saturated heterocycles. The Kier molecular flexibility index (Phi) is 5.31. The zero-order chi connectivity index (χ0) is 30.6. The van der Waals surface area contributed by atoms with E-state index in [9.17, 15) is 0 Å². The second-order valence-electron chi connectivity index (χ2n) is 13.2. The summed E-state index contributed by atoms with van der Waals surface area (Å²) in [5.41, 5.74) is 10.8. The molecule has 0 nitrogen and oxygen atoms in total. The van der Waals surface area contributed by atoms with Gasteiger partial charge < -0.3 is 0 Å². The highest BCUT2D eigenvalue weighted by molar-refractivity contribution is 7.26. The van der Waals surface area contributed by atoms with Gasteiger partial charge in [0.1, 0.15) is 0 Å². The van der Waals surface area contributed by atoms with Crippen molar-refractivity contribution in [2.75, 3.05) is 0 Å². The maximum Gasteiger partial charge on any atom is 0.0434 e. The van der Waals surface area contributed by atoms with E-state index in [0.717, 1.165) is 0 Å². The molecule has 9 aromatic rings. The molecule has 8 aromatic carbocycles. The van der Waals surface area contributed by atoms with Gasteiger partial charge in [0.2, 0.25) is 0 Å². The van der Waals surface area contributed by atoms with E-state index in [0.29, 0.717) is 0 Å².